The Morgan fingerprint density at radius 2 is 1.79 bits per heavy atom. The molecule has 0 unspecified atom stereocenters. The third-order valence-corrected chi connectivity index (χ3v) is 4.15. The Balaban J connectivity index is 1.96. The van der Waals surface area contributed by atoms with E-state index in [-0.39, 0.29) is 5.82 Å². The zero-order chi connectivity index (χ0) is 13.8. The summed E-state index contributed by atoms with van der Waals surface area (Å²) in [7, 11) is 0. The Kier molecular flexibility index (Phi) is 5.22. The van der Waals surface area contributed by atoms with Crippen LogP contribution in [0.15, 0.2) is 40.9 Å². The van der Waals surface area contributed by atoms with E-state index in [1.54, 1.807) is 12.1 Å². The molecule has 0 aliphatic heterocycles. The topological polar surface area (TPSA) is 12.0 Å². The lowest BCUT2D eigenvalue weighted by Gasteiger charge is -2.08. The molecule has 1 nitrogen and oxygen atoms in total. The summed E-state index contributed by atoms with van der Waals surface area (Å²) >= 11 is 15.2. The van der Waals surface area contributed by atoms with Gasteiger partial charge in [-0.25, -0.2) is 4.39 Å². The van der Waals surface area contributed by atoms with Crippen LogP contribution in [0, 0.1) is 5.82 Å². The highest BCUT2D eigenvalue weighted by Crippen LogP contribution is 2.22. The number of rotatable bonds is 4. The van der Waals surface area contributed by atoms with E-state index in [4.69, 9.17) is 23.2 Å². The SMILES string of the molecule is Fc1ccc(Br)c(CNCc2ccc(Cl)c(Cl)c2)c1. The number of benzene rings is 2. The Hall–Kier alpha value is -0.610. The van der Waals surface area contributed by atoms with E-state index in [0.29, 0.717) is 23.1 Å². The molecule has 100 valence electrons. The van der Waals surface area contributed by atoms with Crippen LogP contribution in [-0.2, 0) is 13.1 Å². The average Bonchev–Trinajstić information content (AvgIpc) is 2.38. The van der Waals surface area contributed by atoms with Crippen molar-refractivity contribution in [3.63, 3.8) is 0 Å². The van der Waals surface area contributed by atoms with Gasteiger partial charge in [0.1, 0.15) is 5.82 Å². The maximum absolute atomic E-state index is 13.1. The van der Waals surface area contributed by atoms with Crippen molar-refractivity contribution in [3.05, 3.63) is 67.9 Å². The maximum Gasteiger partial charge on any atom is 0.123 e. The smallest absolute Gasteiger partial charge is 0.123 e. The third-order valence-electron chi connectivity index (χ3n) is 2.64. The van der Waals surface area contributed by atoms with Crippen molar-refractivity contribution in [1.82, 2.24) is 5.32 Å². The van der Waals surface area contributed by atoms with Gasteiger partial charge in [-0.15, -0.1) is 0 Å². The van der Waals surface area contributed by atoms with E-state index < -0.39 is 0 Å². The first-order valence-corrected chi connectivity index (χ1v) is 7.20. The van der Waals surface area contributed by atoms with Crippen LogP contribution in [0.3, 0.4) is 0 Å². The molecule has 0 radical (unpaired) electrons. The van der Waals surface area contributed by atoms with Gasteiger partial charge in [-0.3, -0.25) is 0 Å². The van der Waals surface area contributed by atoms with Gasteiger partial charge in [-0.05, 0) is 41.5 Å². The van der Waals surface area contributed by atoms with Gasteiger partial charge in [-0.2, -0.15) is 0 Å². The highest BCUT2D eigenvalue weighted by Gasteiger charge is 2.03. The van der Waals surface area contributed by atoms with Crippen LogP contribution in [0.5, 0.6) is 0 Å². The lowest BCUT2D eigenvalue weighted by atomic mass is 10.2. The van der Waals surface area contributed by atoms with E-state index in [9.17, 15) is 4.39 Å². The largest absolute Gasteiger partial charge is 0.309 e. The van der Waals surface area contributed by atoms with Crippen LogP contribution < -0.4 is 5.32 Å². The first kappa shape index (κ1) is 14.8. The molecule has 2 aromatic rings. The van der Waals surface area contributed by atoms with Crippen molar-refractivity contribution >= 4 is 39.1 Å². The first-order valence-electron chi connectivity index (χ1n) is 5.65. The predicted octanol–water partition coefficient (Wildman–Crippen LogP) is 5.18. The minimum Gasteiger partial charge on any atom is -0.309 e. The summed E-state index contributed by atoms with van der Waals surface area (Å²) in [4.78, 5) is 0. The minimum atomic E-state index is -0.241. The fraction of sp³-hybridized carbons (Fsp3) is 0.143. The summed E-state index contributed by atoms with van der Waals surface area (Å²) in [6.07, 6.45) is 0. The summed E-state index contributed by atoms with van der Waals surface area (Å²) in [6, 6.07) is 10.1. The van der Waals surface area contributed by atoms with Gasteiger partial charge in [0.15, 0.2) is 0 Å². The lowest BCUT2D eigenvalue weighted by Crippen LogP contribution is -2.13. The van der Waals surface area contributed by atoms with Crippen LogP contribution >= 0.6 is 39.1 Å². The lowest BCUT2D eigenvalue weighted by molar-refractivity contribution is 0.619. The average molecular weight is 363 g/mol. The fourth-order valence-electron chi connectivity index (χ4n) is 1.67. The van der Waals surface area contributed by atoms with Crippen LogP contribution in [-0.4, -0.2) is 0 Å². The first-order chi connectivity index (χ1) is 9.06. The van der Waals surface area contributed by atoms with Crippen molar-refractivity contribution in [2.75, 3.05) is 0 Å². The molecule has 0 saturated carbocycles. The van der Waals surface area contributed by atoms with Crippen molar-refractivity contribution in [2.24, 2.45) is 0 Å². The summed E-state index contributed by atoms with van der Waals surface area (Å²) < 4.78 is 14.0. The van der Waals surface area contributed by atoms with E-state index in [1.807, 2.05) is 12.1 Å². The highest BCUT2D eigenvalue weighted by molar-refractivity contribution is 9.10. The van der Waals surface area contributed by atoms with Gasteiger partial charge >= 0.3 is 0 Å². The molecule has 0 heterocycles. The molecule has 0 saturated heterocycles. The molecule has 0 amide bonds. The molecule has 0 atom stereocenters. The number of hydrogen-bond donors (Lipinski definition) is 1. The summed E-state index contributed by atoms with van der Waals surface area (Å²) in [5.74, 6) is -0.241. The van der Waals surface area contributed by atoms with Gasteiger partial charge in [-0.1, -0.05) is 45.2 Å². The van der Waals surface area contributed by atoms with Gasteiger partial charge < -0.3 is 5.32 Å². The molecule has 0 aromatic heterocycles. The molecule has 0 bridgehead atoms. The van der Waals surface area contributed by atoms with Gasteiger partial charge in [0, 0.05) is 17.6 Å². The third kappa shape index (κ3) is 4.18. The Morgan fingerprint density at radius 1 is 1.00 bits per heavy atom. The predicted molar refractivity (Wildman–Crippen MR) is 81.1 cm³/mol. The molecule has 5 heteroatoms. The molecule has 0 aliphatic rings. The quantitative estimate of drug-likeness (QED) is 0.789. The monoisotopic (exact) mass is 361 g/mol. The molecule has 0 spiro atoms. The Labute approximate surface area is 129 Å². The number of halogens is 4. The minimum absolute atomic E-state index is 0.241. The van der Waals surface area contributed by atoms with Gasteiger partial charge in [0.2, 0.25) is 0 Å². The summed E-state index contributed by atoms with van der Waals surface area (Å²) in [5, 5.41) is 4.31. The van der Waals surface area contributed by atoms with Crippen LogP contribution in [0.4, 0.5) is 4.39 Å². The molecule has 2 aromatic carbocycles. The van der Waals surface area contributed by atoms with E-state index >= 15 is 0 Å². The highest BCUT2D eigenvalue weighted by atomic mass is 79.9. The van der Waals surface area contributed by atoms with Gasteiger partial charge in [0.25, 0.3) is 0 Å². The van der Waals surface area contributed by atoms with E-state index in [1.165, 1.54) is 12.1 Å². The normalized spacial score (nSPS) is 10.7. The second kappa shape index (κ2) is 6.71. The molecule has 2 rings (SSSR count). The molecule has 0 fully saturated rings. The van der Waals surface area contributed by atoms with Crippen LogP contribution in [0.1, 0.15) is 11.1 Å². The maximum atomic E-state index is 13.1. The van der Waals surface area contributed by atoms with Crippen LogP contribution in [0.2, 0.25) is 10.0 Å². The van der Waals surface area contributed by atoms with E-state index in [0.717, 1.165) is 15.6 Å². The Bertz CT molecular complexity index is 590. The van der Waals surface area contributed by atoms with Crippen molar-refractivity contribution in [1.29, 1.82) is 0 Å². The molecular weight excluding hydrogens is 352 g/mol. The molecular formula is C14H11BrCl2FN. The standard InChI is InChI=1S/C14H11BrCl2FN/c15-12-3-2-11(18)6-10(12)8-19-7-9-1-4-13(16)14(17)5-9/h1-6,19H,7-8H2. The fourth-order valence-corrected chi connectivity index (χ4v) is 2.38. The molecule has 19 heavy (non-hydrogen) atoms. The second-order valence-electron chi connectivity index (χ2n) is 4.09. The molecule has 1 N–H and O–H groups in total. The summed E-state index contributed by atoms with van der Waals surface area (Å²) in [5.41, 5.74) is 1.90. The molecule has 0 aliphatic carbocycles. The zero-order valence-corrected chi connectivity index (χ0v) is 13.0. The number of hydrogen-bond acceptors (Lipinski definition) is 1. The van der Waals surface area contributed by atoms with Crippen molar-refractivity contribution in [2.45, 2.75) is 13.1 Å². The van der Waals surface area contributed by atoms with E-state index in [2.05, 4.69) is 21.2 Å². The van der Waals surface area contributed by atoms with Gasteiger partial charge in [0.05, 0.1) is 10.0 Å². The van der Waals surface area contributed by atoms with Crippen molar-refractivity contribution in [3.8, 4) is 0 Å². The summed E-state index contributed by atoms with van der Waals surface area (Å²) in [6.45, 7) is 1.21. The van der Waals surface area contributed by atoms with Crippen molar-refractivity contribution < 1.29 is 4.39 Å². The second-order valence-corrected chi connectivity index (χ2v) is 5.76. The Morgan fingerprint density at radius 3 is 2.53 bits per heavy atom. The van der Waals surface area contributed by atoms with Crippen LogP contribution in [0.25, 0.3) is 0 Å². The number of nitrogens with one attached hydrogen (secondary N) is 1. The zero-order valence-electron chi connectivity index (χ0n) is 9.89.